The Bertz CT molecular complexity index is 817. The summed E-state index contributed by atoms with van der Waals surface area (Å²) < 4.78 is 0. The number of aromatic nitrogens is 2. The van der Waals surface area contributed by atoms with E-state index in [2.05, 4.69) is 38.5 Å². The number of nitrogens with one attached hydrogen (secondary N) is 4. The van der Waals surface area contributed by atoms with Gasteiger partial charge in [0.25, 0.3) is 0 Å². The lowest BCUT2D eigenvalue weighted by molar-refractivity contribution is -0.143. The zero-order chi connectivity index (χ0) is 24.4. The van der Waals surface area contributed by atoms with Gasteiger partial charge < -0.3 is 36.9 Å². The lowest BCUT2D eigenvalue weighted by Crippen LogP contribution is -2.58. The van der Waals surface area contributed by atoms with Crippen molar-refractivity contribution in [1.29, 1.82) is 0 Å². The minimum absolute atomic E-state index is 0.0435. The molecular weight excluding hydrogens is 444 g/mol. The molecule has 0 bridgehead atoms. The van der Waals surface area contributed by atoms with Crippen LogP contribution in [0.1, 0.15) is 26.0 Å². The van der Waals surface area contributed by atoms with Crippen LogP contribution < -0.4 is 21.7 Å². The van der Waals surface area contributed by atoms with Crippen molar-refractivity contribution in [3.05, 3.63) is 18.2 Å². The lowest BCUT2D eigenvalue weighted by Gasteiger charge is -2.24. The van der Waals surface area contributed by atoms with Gasteiger partial charge in [0.1, 0.15) is 18.1 Å². The van der Waals surface area contributed by atoms with Crippen molar-refractivity contribution in [2.24, 2.45) is 11.7 Å². The topological polar surface area (TPSA) is 217 Å². The molecule has 1 heterocycles. The number of nitrogens with two attached hydrogens (primary N) is 1. The normalized spacial score (nSPS) is 14.7. The number of hydrogen-bond donors (Lipinski definition) is 8. The Morgan fingerprint density at radius 2 is 1.59 bits per heavy atom. The first kappa shape index (κ1) is 26.9. The van der Waals surface area contributed by atoms with Crippen LogP contribution in [0.3, 0.4) is 0 Å². The third-order valence-electron chi connectivity index (χ3n) is 4.44. The maximum absolute atomic E-state index is 12.9. The van der Waals surface area contributed by atoms with Gasteiger partial charge in [-0.3, -0.25) is 19.2 Å². The summed E-state index contributed by atoms with van der Waals surface area (Å²) in [6, 6.07) is -5.10. The number of carbonyl (C=O) groups is 5. The quantitative estimate of drug-likeness (QED) is 0.147. The molecular formula is C18H28N6O7S. The molecule has 32 heavy (non-hydrogen) atoms. The third kappa shape index (κ3) is 8.55. The zero-order valence-corrected chi connectivity index (χ0v) is 18.5. The number of carboxylic acid groups (broad SMARTS) is 2. The summed E-state index contributed by atoms with van der Waals surface area (Å²) in [6.45, 7) is 3.45. The molecule has 4 atom stereocenters. The van der Waals surface area contributed by atoms with Crippen LogP contribution in [-0.4, -0.2) is 79.8 Å². The average molecular weight is 473 g/mol. The molecule has 14 heteroatoms. The number of H-pyrrole nitrogens is 1. The van der Waals surface area contributed by atoms with Crippen molar-refractivity contribution >= 4 is 42.3 Å². The second kappa shape index (κ2) is 12.7. The van der Waals surface area contributed by atoms with Gasteiger partial charge in [-0.15, -0.1) is 0 Å². The highest BCUT2D eigenvalue weighted by molar-refractivity contribution is 7.80. The molecule has 13 nitrogen and oxygen atoms in total. The van der Waals surface area contributed by atoms with Crippen molar-refractivity contribution in [3.63, 3.8) is 0 Å². The Kier molecular flexibility index (Phi) is 10.6. The fourth-order valence-electron chi connectivity index (χ4n) is 2.51. The van der Waals surface area contributed by atoms with E-state index in [0.29, 0.717) is 5.69 Å². The van der Waals surface area contributed by atoms with E-state index >= 15 is 0 Å². The molecule has 178 valence electrons. The molecule has 0 saturated carbocycles. The number of aromatic amines is 1. The Morgan fingerprint density at radius 1 is 1.03 bits per heavy atom. The third-order valence-corrected chi connectivity index (χ3v) is 4.81. The maximum atomic E-state index is 12.9. The number of amides is 3. The van der Waals surface area contributed by atoms with Gasteiger partial charge >= 0.3 is 11.9 Å². The van der Waals surface area contributed by atoms with Gasteiger partial charge in [0.05, 0.1) is 18.8 Å². The highest BCUT2D eigenvalue weighted by Gasteiger charge is 2.32. The fraction of sp³-hybridized carbons (Fsp3) is 0.556. The van der Waals surface area contributed by atoms with Crippen molar-refractivity contribution in [1.82, 2.24) is 25.9 Å². The van der Waals surface area contributed by atoms with Crippen LogP contribution in [0.2, 0.25) is 0 Å². The van der Waals surface area contributed by atoms with E-state index in [-0.39, 0.29) is 18.1 Å². The maximum Gasteiger partial charge on any atom is 0.327 e. The van der Waals surface area contributed by atoms with E-state index in [1.54, 1.807) is 13.8 Å². The van der Waals surface area contributed by atoms with Crippen LogP contribution in [0, 0.1) is 5.92 Å². The first-order valence-corrected chi connectivity index (χ1v) is 10.3. The summed E-state index contributed by atoms with van der Waals surface area (Å²) in [5, 5.41) is 25.0. The van der Waals surface area contributed by atoms with Crippen LogP contribution >= 0.6 is 12.6 Å². The van der Waals surface area contributed by atoms with Crippen LogP contribution in [0.15, 0.2) is 12.5 Å². The van der Waals surface area contributed by atoms with E-state index in [1.165, 1.54) is 12.5 Å². The number of hydrogen-bond acceptors (Lipinski definition) is 8. The number of rotatable bonds is 13. The molecule has 1 aromatic rings. The number of nitrogens with zero attached hydrogens (tertiary/aromatic N) is 1. The summed E-state index contributed by atoms with van der Waals surface area (Å²) in [5.74, 6) is -5.73. The Hall–Kier alpha value is -3.13. The van der Waals surface area contributed by atoms with Gasteiger partial charge in [-0.25, -0.2) is 9.78 Å². The lowest BCUT2D eigenvalue weighted by atomic mass is 10.0. The number of imidazole rings is 1. The molecule has 8 N–H and O–H groups in total. The number of carboxylic acids is 2. The monoisotopic (exact) mass is 472 g/mol. The van der Waals surface area contributed by atoms with Crippen LogP contribution in [-0.2, 0) is 30.4 Å². The highest BCUT2D eigenvalue weighted by atomic mass is 32.1. The van der Waals surface area contributed by atoms with Crippen LogP contribution in [0.4, 0.5) is 0 Å². The summed E-state index contributed by atoms with van der Waals surface area (Å²) in [5.41, 5.74) is 6.32. The molecule has 1 aromatic heterocycles. The summed E-state index contributed by atoms with van der Waals surface area (Å²) in [7, 11) is 0. The predicted molar refractivity (Wildman–Crippen MR) is 115 cm³/mol. The standard InChI is InChI=1S/C18H28N6O7S/c1-8(2)14(19)17(29)23-10(3-9-5-20-7-21-9)15(27)22-11(4-13(25)26)16(28)24-12(6-32)18(30)31/h5,7-8,10-12,14,32H,3-4,6,19H2,1-2H3,(H,20,21)(H,22,27)(H,23,29)(H,24,28)(H,25,26)(H,30,31). The first-order chi connectivity index (χ1) is 15.0. The van der Waals surface area contributed by atoms with E-state index in [9.17, 15) is 24.0 Å². The SMILES string of the molecule is CC(C)C(N)C(=O)NC(Cc1cnc[nH]1)C(=O)NC(CC(=O)O)C(=O)NC(CS)C(=O)O. The second-order valence-electron chi connectivity index (χ2n) is 7.35. The smallest absolute Gasteiger partial charge is 0.327 e. The van der Waals surface area contributed by atoms with E-state index in [1.807, 2.05) is 0 Å². The van der Waals surface area contributed by atoms with E-state index in [4.69, 9.17) is 15.9 Å². The van der Waals surface area contributed by atoms with Gasteiger partial charge in [-0.2, -0.15) is 12.6 Å². The minimum Gasteiger partial charge on any atom is -0.481 e. The van der Waals surface area contributed by atoms with Crippen molar-refractivity contribution in [2.75, 3.05) is 5.75 Å². The van der Waals surface area contributed by atoms with Gasteiger partial charge in [-0.1, -0.05) is 13.8 Å². The number of thiol groups is 1. The first-order valence-electron chi connectivity index (χ1n) is 9.65. The highest BCUT2D eigenvalue weighted by Crippen LogP contribution is 2.05. The molecule has 0 spiro atoms. The van der Waals surface area contributed by atoms with Gasteiger partial charge in [0, 0.05) is 24.1 Å². The predicted octanol–water partition coefficient (Wildman–Crippen LogP) is -2.12. The zero-order valence-electron chi connectivity index (χ0n) is 17.6. The summed E-state index contributed by atoms with van der Waals surface area (Å²) in [4.78, 5) is 66.6. The molecule has 0 fully saturated rings. The van der Waals surface area contributed by atoms with E-state index < -0.39 is 60.2 Å². The van der Waals surface area contributed by atoms with E-state index in [0.717, 1.165) is 0 Å². The average Bonchev–Trinajstić information content (AvgIpc) is 3.22. The fourth-order valence-corrected chi connectivity index (χ4v) is 2.76. The van der Waals surface area contributed by atoms with Gasteiger partial charge in [0.2, 0.25) is 17.7 Å². The Morgan fingerprint density at radius 3 is 2.06 bits per heavy atom. The Labute approximate surface area is 189 Å². The second-order valence-corrected chi connectivity index (χ2v) is 7.72. The van der Waals surface area contributed by atoms with Gasteiger partial charge in [0.15, 0.2) is 0 Å². The molecule has 0 saturated heterocycles. The van der Waals surface area contributed by atoms with Crippen LogP contribution in [0.5, 0.6) is 0 Å². The Balaban J connectivity index is 3.04. The molecule has 1 rings (SSSR count). The van der Waals surface area contributed by atoms with Gasteiger partial charge in [-0.05, 0) is 5.92 Å². The van der Waals surface area contributed by atoms with Crippen molar-refractivity contribution in [2.45, 2.75) is 50.9 Å². The minimum atomic E-state index is -1.60. The number of aliphatic carboxylic acids is 2. The summed E-state index contributed by atoms with van der Waals surface area (Å²) in [6.07, 6.45) is 1.95. The molecule has 0 aliphatic heterocycles. The van der Waals surface area contributed by atoms with Crippen molar-refractivity contribution in [3.8, 4) is 0 Å². The van der Waals surface area contributed by atoms with Crippen LogP contribution in [0.25, 0.3) is 0 Å². The molecule has 0 aromatic carbocycles. The van der Waals surface area contributed by atoms with Crippen molar-refractivity contribution < 1.29 is 34.2 Å². The largest absolute Gasteiger partial charge is 0.481 e. The number of carbonyl (C=O) groups excluding carboxylic acids is 3. The molecule has 4 unspecified atom stereocenters. The molecule has 0 radical (unpaired) electrons. The molecule has 3 amide bonds. The summed E-state index contributed by atoms with van der Waals surface area (Å²) >= 11 is 3.82. The molecule has 0 aliphatic carbocycles. The molecule has 0 aliphatic rings.